The fourth-order valence-electron chi connectivity index (χ4n) is 2.71. The molecular formula is C15H22N2O2. The van der Waals surface area contributed by atoms with Gasteiger partial charge in [-0.05, 0) is 24.2 Å². The third-order valence-corrected chi connectivity index (χ3v) is 3.92. The van der Waals surface area contributed by atoms with Crippen LogP contribution < -0.4 is 9.47 Å². The molecule has 2 aliphatic heterocycles. The van der Waals surface area contributed by atoms with E-state index in [2.05, 4.69) is 28.9 Å². The minimum Gasteiger partial charge on any atom is -0.486 e. The van der Waals surface area contributed by atoms with Crippen molar-refractivity contribution in [2.24, 2.45) is 0 Å². The highest BCUT2D eigenvalue weighted by Gasteiger charge is 2.17. The molecule has 3 rings (SSSR count). The van der Waals surface area contributed by atoms with Crippen LogP contribution in [0.3, 0.4) is 0 Å². The standard InChI is InChI=1S/C15H22N2O2/c1-2-16-5-7-17(8-6-16)12-13-3-4-14-15(11-13)19-10-9-18-14/h3-4,11H,2,5-10,12H2,1H3. The number of piperazine rings is 1. The zero-order chi connectivity index (χ0) is 13.1. The van der Waals surface area contributed by atoms with Crippen LogP contribution in [0, 0.1) is 0 Å². The molecule has 1 aromatic carbocycles. The van der Waals surface area contributed by atoms with Crippen LogP contribution in [0.2, 0.25) is 0 Å². The Hall–Kier alpha value is -1.26. The second-order valence-electron chi connectivity index (χ2n) is 5.19. The maximum atomic E-state index is 5.64. The molecule has 19 heavy (non-hydrogen) atoms. The van der Waals surface area contributed by atoms with E-state index in [0.29, 0.717) is 13.2 Å². The van der Waals surface area contributed by atoms with Gasteiger partial charge < -0.3 is 14.4 Å². The Labute approximate surface area is 114 Å². The van der Waals surface area contributed by atoms with Crippen LogP contribution in [0.5, 0.6) is 11.5 Å². The van der Waals surface area contributed by atoms with Crippen molar-refractivity contribution in [3.63, 3.8) is 0 Å². The van der Waals surface area contributed by atoms with Crippen molar-refractivity contribution in [3.8, 4) is 11.5 Å². The summed E-state index contributed by atoms with van der Waals surface area (Å²) in [5.41, 5.74) is 1.31. The molecule has 4 heteroatoms. The Bertz CT molecular complexity index is 428. The first-order valence-electron chi connectivity index (χ1n) is 7.18. The summed E-state index contributed by atoms with van der Waals surface area (Å²) >= 11 is 0. The minimum absolute atomic E-state index is 0.658. The monoisotopic (exact) mass is 262 g/mol. The third kappa shape index (κ3) is 3.01. The molecule has 0 atom stereocenters. The van der Waals surface area contributed by atoms with Crippen molar-refractivity contribution >= 4 is 0 Å². The molecule has 0 radical (unpaired) electrons. The number of nitrogens with zero attached hydrogens (tertiary/aromatic N) is 2. The van der Waals surface area contributed by atoms with E-state index in [9.17, 15) is 0 Å². The van der Waals surface area contributed by atoms with Crippen LogP contribution in [0.15, 0.2) is 18.2 Å². The molecule has 1 saturated heterocycles. The van der Waals surface area contributed by atoms with Crippen molar-refractivity contribution in [1.82, 2.24) is 9.80 Å². The molecule has 0 amide bonds. The van der Waals surface area contributed by atoms with E-state index in [1.165, 1.54) is 18.7 Å². The predicted octanol–water partition coefficient (Wildman–Crippen LogP) is 1.60. The molecule has 0 N–H and O–H groups in total. The Morgan fingerprint density at radius 1 is 0.947 bits per heavy atom. The van der Waals surface area contributed by atoms with Gasteiger partial charge in [-0.25, -0.2) is 0 Å². The number of fused-ring (bicyclic) bond motifs is 1. The number of likely N-dealkylation sites (N-methyl/N-ethyl adjacent to an activating group) is 1. The molecule has 1 fully saturated rings. The van der Waals surface area contributed by atoms with E-state index in [0.717, 1.165) is 37.7 Å². The van der Waals surface area contributed by atoms with Crippen LogP contribution in [0.4, 0.5) is 0 Å². The lowest BCUT2D eigenvalue weighted by molar-refractivity contribution is 0.131. The van der Waals surface area contributed by atoms with Crippen molar-refractivity contribution in [3.05, 3.63) is 23.8 Å². The fraction of sp³-hybridized carbons (Fsp3) is 0.600. The summed E-state index contributed by atoms with van der Waals surface area (Å²) in [6.07, 6.45) is 0. The highest BCUT2D eigenvalue weighted by molar-refractivity contribution is 5.43. The van der Waals surface area contributed by atoms with Crippen molar-refractivity contribution in [2.75, 3.05) is 45.9 Å². The summed E-state index contributed by atoms with van der Waals surface area (Å²) in [6.45, 7) is 10.4. The fourth-order valence-corrected chi connectivity index (χ4v) is 2.71. The van der Waals surface area contributed by atoms with Crippen molar-refractivity contribution in [2.45, 2.75) is 13.5 Å². The number of rotatable bonds is 3. The van der Waals surface area contributed by atoms with Gasteiger partial charge in [0, 0.05) is 32.7 Å². The Kier molecular flexibility index (Phi) is 3.89. The van der Waals surface area contributed by atoms with E-state index >= 15 is 0 Å². The second kappa shape index (κ2) is 5.80. The maximum absolute atomic E-state index is 5.64. The lowest BCUT2D eigenvalue weighted by Crippen LogP contribution is -2.45. The quantitative estimate of drug-likeness (QED) is 0.826. The molecule has 0 aliphatic carbocycles. The van der Waals surface area contributed by atoms with Gasteiger partial charge >= 0.3 is 0 Å². The summed E-state index contributed by atoms with van der Waals surface area (Å²) in [5.74, 6) is 1.78. The minimum atomic E-state index is 0.658. The van der Waals surface area contributed by atoms with Crippen LogP contribution in [0.25, 0.3) is 0 Å². The zero-order valence-corrected chi connectivity index (χ0v) is 11.6. The first kappa shape index (κ1) is 12.8. The highest BCUT2D eigenvalue weighted by Crippen LogP contribution is 2.31. The van der Waals surface area contributed by atoms with E-state index in [1.807, 2.05) is 6.07 Å². The first-order valence-corrected chi connectivity index (χ1v) is 7.18. The molecule has 0 saturated carbocycles. The van der Waals surface area contributed by atoms with Gasteiger partial charge in [0.2, 0.25) is 0 Å². The van der Waals surface area contributed by atoms with Crippen molar-refractivity contribution < 1.29 is 9.47 Å². The van der Waals surface area contributed by atoms with Gasteiger partial charge in [0.25, 0.3) is 0 Å². The molecule has 0 aromatic heterocycles. The molecule has 4 nitrogen and oxygen atoms in total. The summed E-state index contributed by atoms with van der Waals surface area (Å²) in [5, 5.41) is 0. The summed E-state index contributed by atoms with van der Waals surface area (Å²) in [7, 11) is 0. The van der Waals surface area contributed by atoms with Crippen LogP contribution in [0.1, 0.15) is 12.5 Å². The Balaban J connectivity index is 1.61. The highest BCUT2D eigenvalue weighted by atomic mass is 16.6. The summed E-state index contributed by atoms with van der Waals surface area (Å²) in [4.78, 5) is 5.01. The van der Waals surface area contributed by atoms with Crippen LogP contribution >= 0.6 is 0 Å². The number of hydrogen-bond donors (Lipinski definition) is 0. The topological polar surface area (TPSA) is 24.9 Å². The molecular weight excluding hydrogens is 240 g/mol. The van der Waals surface area contributed by atoms with Gasteiger partial charge in [0.15, 0.2) is 11.5 Å². The summed E-state index contributed by atoms with van der Waals surface area (Å²) < 4.78 is 11.2. The van der Waals surface area contributed by atoms with Gasteiger partial charge in [-0.3, -0.25) is 4.90 Å². The van der Waals surface area contributed by atoms with E-state index in [1.54, 1.807) is 0 Å². The number of benzene rings is 1. The SMILES string of the molecule is CCN1CCN(Cc2ccc3c(c2)OCCO3)CC1. The molecule has 1 aromatic rings. The van der Waals surface area contributed by atoms with Crippen LogP contribution in [-0.2, 0) is 6.54 Å². The molecule has 0 unspecified atom stereocenters. The van der Waals surface area contributed by atoms with E-state index < -0.39 is 0 Å². The van der Waals surface area contributed by atoms with E-state index in [-0.39, 0.29) is 0 Å². The zero-order valence-electron chi connectivity index (χ0n) is 11.6. The molecule has 2 aliphatic rings. The molecule has 104 valence electrons. The largest absolute Gasteiger partial charge is 0.486 e. The van der Waals surface area contributed by atoms with Gasteiger partial charge in [0.05, 0.1) is 0 Å². The average molecular weight is 262 g/mol. The van der Waals surface area contributed by atoms with Crippen LogP contribution in [-0.4, -0.2) is 55.7 Å². The van der Waals surface area contributed by atoms with E-state index in [4.69, 9.17) is 9.47 Å². The van der Waals surface area contributed by atoms with Crippen molar-refractivity contribution in [1.29, 1.82) is 0 Å². The average Bonchev–Trinajstić information content (AvgIpc) is 2.48. The summed E-state index contributed by atoms with van der Waals surface area (Å²) in [6, 6.07) is 6.31. The normalized spacial score (nSPS) is 20.5. The number of hydrogen-bond acceptors (Lipinski definition) is 4. The molecule has 0 spiro atoms. The lowest BCUT2D eigenvalue weighted by Gasteiger charge is -2.34. The van der Waals surface area contributed by atoms with Gasteiger partial charge in [-0.1, -0.05) is 13.0 Å². The smallest absolute Gasteiger partial charge is 0.161 e. The maximum Gasteiger partial charge on any atom is 0.161 e. The second-order valence-corrected chi connectivity index (χ2v) is 5.19. The third-order valence-electron chi connectivity index (χ3n) is 3.92. The molecule has 0 bridgehead atoms. The number of ether oxygens (including phenoxy) is 2. The lowest BCUT2D eigenvalue weighted by atomic mass is 10.1. The Morgan fingerprint density at radius 2 is 1.63 bits per heavy atom. The predicted molar refractivity (Wildman–Crippen MR) is 74.8 cm³/mol. The van der Waals surface area contributed by atoms with Gasteiger partial charge in [-0.15, -0.1) is 0 Å². The van der Waals surface area contributed by atoms with Gasteiger partial charge in [0.1, 0.15) is 13.2 Å². The molecule has 2 heterocycles. The first-order chi connectivity index (χ1) is 9.35. The Morgan fingerprint density at radius 3 is 2.37 bits per heavy atom. The van der Waals surface area contributed by atoms with Gasteiger partial charge in [-0.2, -0.15) is 0 Å².